The Morgan fingerprint density at radius 1 is 0.968 bits per heavy atom. The molecule has 0 spiro atoms. The molecule has 3 aromatic rings. The zero-order valence-electron chi connectivity index (χ0n) is 17.8. The first-order chi connectivity index (χ1) is 14.9. The second-order valence-corrected chi connectivity index (χ2v) is 7.13. The molecule has 0 fully saturated rings. The van der Waals surface area contributed by atoms with Crippen LogP contribution in [-0.2, 0) is 14.3 Å². The molecule has 1 amide bonds. The number of carbonyl (C=O) groups is 2. The molecule has 1 N–H and O–H groups in total. The molecule has 0 atom stereocenters. The predicted molar refractivity (Wildman–Crippen MR) is 121 cm³/mol. The molecule has 0 heterocycles. The number of methoxy groups -OCH3 is 1. The number of ether oxygens (including phenoxy) is 3. The Morgan fingerprint density at radius 2 is 1.74 bits per heavy atom. The van der Waals surface area contributed by atoms with E-state index in [0.29, 0.717) is 17.2 Å². The van der Waals surface area contributed by atoms with Crippen LogP contribution in [0.4, 0.5) is 5.69 Å². The third-order valence-electron chi connectivity index (χ3n) is 4.34. The van der Waals surface area contributed by atoms with Gasteiger partial charge in [0.05, 0.1) is 13.2 Å². The second kappa shape index (κ2) is 10.3. The lowest BCUT2D eigenvalue weighted by Gasteiger charge is -2.13. The number of rotatable bonds is 8. The van der Waals surface area contributed by atoms with Gasteiger partial charge in [-0.25, -0.2) is 4.79 Å². The molecule has 0 aliphatic rings. The van der Waals surface area contributed by atoms with Crippen molar-refractivity contribution in [2.45, 2.75) is 20.0 Å². The summed E-state index contributed by atoms with van der Waals surface area (Å²) in [5.41, 5.74) is 1.39. The molecule has 0 saturated carbocycles. The molecular formula is C25H25NO5. The van der Waals surface area contributed by atoms with Gasteiger partial charge in [-0.2, -0.15) is 0 Å². The van der Waals surface area contributed by atoms with Crippen LogP contribution < -0.4 is 14.8 Å². The predicted octanol–water partition coefficient (Wildman–Crippen LogP) is 4.83. The third-order valence-corrected chi connectivity index (χ3v) is 4.34. The molecule has 0 bridgehead atoms. The smallest absolute Gasteiger partial charge is 0.331 e. The highest BCUT2D eigenvalue weighted by Gasteiger charge is 2.08. The van der Waals surface area contributed by atoms with Crippen molar-refractivity contribution in [2.24, 2.45) is 0 Å². The number of amides is 1. The summed E-state index contributed by atoms with van der Waals surface area (Å²) in [5.74, 6) is 0.172. The number of hydrogen-bond donors (Lipinski definition) is 1. The first-order valence-electron chi connectivity index (χ1n) is 9.93. The van der Waals surface area contributed by atoms with Gasteiger partial charge >= 0.3 is 5.97 Å². The lowest BCUT2D eigenvalue weighted by molar-refractivity contribution is -0.142. The molecule has 0 aliphatic carbocycles. The molecule has 31 heavy (non-hydrogen) atoms. The number of benzene rings is 3. The molecule has 6 nitrogen and oxygen atoms in total. The van der Waals surface area contributed by atoms with Gasteiger partial charge in [0.25, 0.3) is 5.91 Å². The third kappa shape index (κ3) is 6.34. The maximum atomic E-state index is 12.1. The van der Waals surface area contributed by atoms with Crippen LogP contribution in [0.3, 0.4) is 0 Å². The van der Waals surface area contributed by atoms with Gasteiger partial charge in [-0.15, -0.1) is 0 Å². The fraction of sp³-hybridized carbons (Fsp3) is 0.200. The normalized spacial score (nSPS) is 11.0. The minimum atomic E-state index is -0.616. The lowest BCUT2D eigenvalue weighted by atomic mass is 10.1. The van der Waals surface area contributed by atoms with E-state index in [-0.39, 0.29) is 12.7 Å². The Balaban J connectivity index is 1.53. The van der Waals surface area contributed by atoms with Crippen molar-refractivity contribution in [1.29, 1.82) is 0 Å². The fourth-order valence-electron chi connectivity index (χ4n) is 2.95. The molecule has 0 aromatic heterocycles. The van der Waals surface area contributed by atoms with Crippen LogP contribution in [0.1, 0.15) is 19.4 Å². The van der Waals surface area contributed by atoms with Gasteiger partial charge in [0.2, 0.25) is 0 Å². The Kier molecular flexibility index (Phi) is 7.27. The van der Waals surface area contributed by atoms with Gasteiger partial charge in [0.15, 0.2) is 18.1 Å². The van der Waals surface area contributed by atoms with Crippen molar-refractivity contribution in [2.75, 3.05) is 19.0 Å². The van der Waals surface area contributed by atoms with Crippen LogP contribution in [-0.4, -0.2) is 31.7 Å². The van der Waals surface area contributed by atoms with E-state index < -0.39 is 11.9 Å². The van der Waals surface area contributed by atoms with Crippen molar-refractivity contribution < 1.29 is 23.8 Å². The molecule has 160 valence electrons. The van der Waals surface area contributed by atoms with E-state index in [1.165, 1.54) is 6.08 Å². The minimum absolute atomic E-state index is 0.0195. The molecule has 0 unspecified atom stereocenters. The summed E-state index contributed by atoms with van der Waals surface area (Å²) in [7, 11) is 1.55. The highest BCUT2D eigenvalue weighted by molar-refractivity contribution is 5.96. The van der Waals surface area contributed by atoms with E-state index in [4.69, 9.17) is 14.2 Å². The van der Waals surface area contributed by atoms with Gasteiger partial charge in [0.1, 0.15) is 0 Å². The van der Waals surface area contributed by atoms with E-state index in [1.54, 1.807) is 31.4 Å². The van der Waals surface area contributed by atoms with Gasteiger partial charge in [-0.1, -0.05) is 36.4 Å². The molecule has 0 aliphatic heterocycles. The number of fused-ring (bicyclic) bond motifs is 1. The number of hydrogen-bond acceptors (Lipinski definition) is 5. The van der Waals surface area contributed by atoms with Crippen LogP contribution in [0.15, 0.2) is 66.7 Å². The lowest BCUT2D eigenvalue weighted by Crippen LogP contribution is -2.20. The van der Waals surface area contributed by atoms with Crippen molar-refractivity contribution in [1.82, 2.24) is 0 Å². The van der Waals surface area contributed by atoms with Crippen LogP contribution in [0.2, 0.25) is 0 Å². The number of carbonyl (C=O) groups excluding carboxylic acids is 2. The number of esters is 1. The average Bonchev–Trinajstić information content (AvgIpc) is 2.76. The van der Waals surface area contributed by atoms with E-state index in [9.17, 15) is 9.59 Å². The van der Waals surface area contributed by atoms with E-state index in [2.05, 4.69) is 5.32 Å². The number of anilines is 1. The highest BCUT2D eigenvalue weighted by Crippen LogP contribution is 2.29. The van der Waals surface area contributed by atoms with Gasteiger partial charge in [-0.3, -0.25) is 4.79 Å². The van der Waals surface area contributed by atoms with Crippen molar-refractivity contribution in [3.05, 3.63) is 72.3 Å². The summed E-state index contributed by atoms with van der Waals surface area (Å²) < 4.78 is 16.0. The summed E-state index contributed by atoms with van der Waals surface area (Å²) in [4.78, 5) is 24.1. The summed E-state index contributed by atoms with van der Waals surface area (Å²) in [5, 5.41) is 4.82. The first-order valence-corrected chi connectivity index (χ1v) is 9.93. The summed E-state index contributed by atoms with van der Waals surface area (Å²) in [6.45, 7) is 3.49. The maximum absolute atomic E-state index is 12.1. The van der Waals surface area contributed by atoms with Crippen LogP contribution >= 0.6 is 0 Å². The van der Waals surface area contributed by atoms with Crippen molar-refractivity contribution >= 4 is 34.4 Å². The van der Waals surface area contributed by atoms with Crippen molar-refractivity contribution in [3.63, 3.8) is 0 Å². The molecule has 0 saturated heterocycles. The SMILES string of the molecule is COc1cc(/C=C/C(=O)OCC(=O)Nc2ccc3ccccc3c2)ccc1OC(C)C. The molecular weight excluding hydrogens is 394 g/mol. The molecule has 6 heteroatoms. The topological polar surface area (TPSA) is 73.9 Å². The quantitative estimate of drug-likeness (QED) is 0.418. The second-order valence-electron chi connectivity index (χ2n) is 7.13. The minimum Gasteiger partial charge on any atom is -0.493 e. The zero-order valence-corrected chi connectivity index (χ0v) is 17.8. The molecule has 3 rings (SSSR count). The van der Waals surface area contributed by atoms with Gasteiger partial charge in [0, 0.05) is 11.8 Å². The summed E-state index contributed by atoms with van der Waals surface area (Å²) >= 11 is 0. The van der Waals surface area contributed by atoms with E-state index in [1.807, 2.05) is 56.3 Å². The van der Waals surface area contributed by atoms with Crippen LogP contribution in [0, 0.1) is 0 Å². The van der Waals surface area contributed by atoms with Crippen LogP contribution in [0.25, 0.3) is 16.8 Å². The fourth-order valence-corrected chi connectivity index (χ4v) is 2.95. The molecule has 3 aromatic carbocycles. The Hall–Kier alpha value is -3.80. The zero-order chi connectivity index (χ0) is 22.2. The van der Waals surface area contributed by atoms with Crippen molar-refractivity contribution in [3.8, 4) is 11.5 Å². The summed E-state index contributed by atoms with van der Waals surface area (Å²) in [6.07, 6.45) is 2.87. The number of nitrogens with one attached hydrogen (secondary N) is 1. The first kappa shape index (κ1) is 21.9. The largest absolute Gasteiger partial charge is 0.493 e. The van der Waals surface area contributed by atoms with Gasteiger partial charge in [-0.05, 0) is 60.5 Å². The Bertz CT molecular complexity index is 1100. The average molecular weight is 419 g/mol. The monoisotopic (exact) mass is 419 g/mol. The van der Waals surface area contributed by atoms with E-state index >= 15 is 0 Å². The Labute approximate surface area is 181 Å². The highest BCUT2D eigenvalue weighted by atomic mass is 16.5. The maximum Gasteiger partial charge on any atom is 0.331 e. The Morgan fingerprint density at radius 3 is 2.48 bits per heavy atom. The van der Waals surface area contributed by atoms with E-state index in [0.717, 1.165) is 16.3 Å². The summed E-state index contributed by atoms with van der Waals surface area (Å²) in [6, 6.07) is 18.8. The molecule has 0 radical (unpaired) electrons. The van der Waals surface area contributed by atoms with Gasteiger partial charge < -0.3 is 19.5 Å². The van der Waals surface area contributed by atoms with Crippen LogP contribution in [0.5, 0.6) is 11.5 Å². The standard InChI is InChI=1S/C25H25NO5/c1-17(2)31-22-12-8-18(14-23(22)29-3)9-13-25(28)30-16-24(27)26-21-11-10-19-6-4-5-7-20(19)15-21/h4-15,17H,16H2,1-3H3,(H,26,27)/b13-9+.